The Hall–Kier alpha value is -3.21. The van der Waals surface area contributed by atoms with Crippen LogP contribution in [-0.2, 0) is 0 Å². The van der Waals surface area contributed by atoms with Crippen molar-refractivity contribution in [2.75, 3.05) is 11.9 Å². The number of rotatable bonds is 6. The first-order valence-electron chi connectivity index (χ1n) is 9.53. The van der Waals surface area contributed by atoms with Gasteiger partial charge in [-0.3, -0.25) is 4.79 Å². The lowest BCUT2D eigenvalue weighted by molar-refractivity contribution is 0.0939. The third-order valence-corrected chi connectivity index (χ3v) is 4.74. The molecule has 5 nitrogen and oxygen atoms in total. The Bertz CT molecular complexity index is 956. The Morgan fingerprint density at radius 3 is 2.57 bits per heavy atom. The molecule has 2 aromatic carbocycles. The highest BCUT2D eigenvalue weighted by molar-refractivity contribution is 5.99. The normalized spacial score (nSPS) is 11.7. The number of aromatic nitrogens is 2. The van der Waals surface area contributed by atoms with Gasteiger partial charge in [-0.05, 0) is 38.5 Å². The summed E-state index contributed by atoms with van der Waals surface area (Å²) >= 11 is 0. The molecule has 0 fully saturated rings. The van der Waals surface area contributed by atoms with Gasteiger partial charge in [0.25, 0.3) is 5.91 Å². The minimum absolute atomic E-state index is 0.0823. The van der Waals surface area contributed by atoms with Gasteiger partial charge in [-0.1, -0.05) is 48.9 Å². The number of aryl methyl sites for hydroxylation is 1. The Kier molecular flexibility index (Phi) is 6.04. The van der Waals surface area contributed by atoms with Crippen molar-refractivity contribution in [1.29, 1.82) is 0 Å². The van der Waals surface area contributed by atoms with E-state index in [0.717, 1.165) is 23.2 Å². The summed E-state index contributed by atoms with van der Waals surface area (Å²) < 4.78 is 0. The monoisotopic (exact) mass is 374 g/mol. The Morgan fingerprint density at radius 1 is 1.14 bits per heavy atom. The van der Waals surface area contributed by atoms with E-state index < -0.39 is 0 Å². The van der Waals surface area contributed by atoms with Crippen LogP contribution in [-0.4, -0.2) is 29.0 Å². The van der Waals surface area contributed by atoms with Crippen LogP contribution in [0.4, 0.5) is 11.5 Å². The van der Waals surface area contributed by atoms with Crippen LogP contribution in [0.1, 0.15) is 36.2 Å². The zero-order valence-electron chi connectivity index (χ0n) is 16.8. The van der Waals surface area contributed by atoms with E-state index in [1.165, 1.54) is 0 Å². The molecule has 0 radical (unpaired) electrons. The van der Waals surface area contributed by atoms with E-state index >= 15 is 0 Å². The molecule has 28 heavy (non-hydrogen) atoms. The van der Waals surface area contributed by atoms with Crippen molar-refractivity contribution in [1.82, 2.24) is 15.3 Å². The highest BCUT2D eigenvalue weighted by Crippen LogP contribution is 2.27. The van der Waals surface area contributed by atoms with E-state index in [1.54, 1.807) is 6.20 Å². The third-order valence-electron chi connectivity index (χ3n) is 4.74. The number of carbonyl (C=O) groups is 1. The molecule has 0 bridgehead atoms. The van der Waals surface area contributed by atoms with Crippen LogP contribution in [0.15, 0.2) is 60.8 Å². The summed E-state index contributed by atoms with van der Waals surface area (Å²) in [6.45, 7) is 6.06. The maximum Gasteiger partial charge on any atom is 0.256 e. The number of hydrogen-bond donors (Lipinski definition) is 1. The number of benzene rings is 2. The summed E-state index contributed by atoms with van der Waals surface area (Å²) in [6.07, 6.45) is 2.48. The van der Waals surface area contributed by atoms with Gasteiger partial charge in [-0.15, -0.1) is 0 Å². The minimum atomic E-state index is -0.164. The van der Waals surface area contributed by atoms with Crippen LogP contribution in [0.5, 0.6) is 0 Å². The lowest BCUT2D eigenvalue weighted by atomic mass is 10.1. The van der Waals surface area contributed by atoms with Gasteiger partial charge in [0, 0.05) is 30.5 Å². The number of amides is 1. The molecule has 3 aromatic rings. The average Bonchev–Trinajstić information content (AvgIpc) is 2.73. The fourth-order valence-corrected chi connectivity index (χ4v) is 2.89. The van der Waals surface area contributed by atoms with Crippen LogP contribution in [0.2, 0.25) is 0 Å². The smallest absolute Gasteiger partial charge is 0.256 e. The van der Waals surface area contributed by atoms with Crippen molar-refractivity contribution in [3.8, 4) is 11.4 Å². The van der Waals surface area contributed by atoms with Gasteiger partial charge >= 0.3 is 0 Å². The van der Waals surface area contributed by atoms with E-state index in [1.807, 2.05) is 87.3 Å². The minimum Gasteiger partial charge on any atom is -0.349 e. The van der Waals surface area contributed by atoms with Crippen molar-refractivity contribution in [2.24, 2.45) is 0 Å². The topological polar surface area (TPSA) is 58.1 Å². The van der Waals surface area contributed by atoms with Crippen LogP contribution < -0.4 is 10.2 Å². The predicted molar refractivity (Wildman–Crippen MR) is 114 cm³/mol. The molecule has 0 aliphatic carbocycles. The van der Waals surface area contributed by atoms with Crippen molar-refractivity contribution in [3.05, 3.63) is 71.9 Å². The van der Waals surface area contributed by atoms with Gasteiger partial charge < -0.3 is 10.2 Å². The van der Waals surface area contributed by atoms with Crippen molar-refractivity contribution in [3.63, 3.8) is 0 Å². The molecule has 3 rings (SSSR count). The van der Waals surface area contributed by atoms with E-state index in [0.29, 0.717) is 17.2 Å². The first-order chi connectivity index (χ1) is 13.5. The van der Waals surface area contributed by atoms with Gasteiger partial charge in [0.15, 0.2) is 5.82 Å². The molecule has 5 heteroatoms. The largest absolute Gasteiger partial charge is 0.349 e. The number of nitrogens with zero attached hydrogens (tertiary/aromatic N) is 3. The molecule has 1 heterocycles. The quantitative estimate of drug-likeness (QED) is 0.676. The highest BCUT2D eigenvalue weighted by atomic mass is 16.1. The second-order valence-electron chi connectivity index (χ2n) is 6.98. The van der Waals surface area contributed by atoms with Crippen LogP contribution in [0.25, 0.3) is 11.4 Å². The molecule has 0 aliphatic heterocycles. The zero-order chi connectivity index (χ0) is 20.1. The van der Waals surface area contributed by atoms with Gasteiger partial charge in [0.2, 0.25) is 0 Å². The number of nitrogens with one attached hydrogen (secondary N) is 1. The molecule has 0 spiro atoms. The summed E-state index contributed by atoms with van der Waals surface area (Å²) in [6, 6.07) is 18.0. The molecule has 1 atom stereocenters. The van der Waals surface area contributed by atoms with Crippen LogP contribution in [0, 0.1) is 6.92 Å². The summed E-state index contributed by atoms with van der Waals surface area (Å²) in [7, 11) is 1.91. The van der Waals surface area contributed by atoms with Crippen molar-refractivity contribution < 1.29 is 4.79 Å². The standard InChI is InChI=1S/C23H26N4O/c1-5-17(3)25-23(28)20-15-24-21(18-11-9-10-16(2)14-18)26-22(20)27(4)19-12-7-6-8-13-19/h6-15,17H,5H2,1-4H3,(H,25,28). The lowest BCUT2D eigenvalue weighted by Gasteiger charge is -2.22. The maximum atomic E-state index is 12.9. The number of para-hydroxylation sites is 1. The Balaban J connectivity index is 2.07. The molecule has 1 amide bonds. The number of anilines is 2. The first-order valence-corrected chi connectivity index (χ1v) is 9.53. The van der Waals surface area contributed by atoms with E-state index in [2.05, 4.69) is 10.3 Å². The van der Waals surface area contributed by atoms with Gasteiger partial charge in [0.05, 0.1) is 0 Å². The summed E-state index contributed by atoms with van der Waals surface area (Å²) in [5.41, 5.74) is 3.48. The molecule has 144 valence electrons. The molecule has 0 aliphatic rings. The second kappa shape index (κ2) is 8.65. The molecule has 1 N–H and O–H groups in total. The van der Waals surface area contributed by atoms with E-state index in [9.17, 15) is 4.79 Å². The predicted octanol–water partition coefficient (Wildman–Crippen LogP) is 4.75. The molecule has 0 saturated heterocycles. The summed E-state index contributed by atoms with van der Waals surface area (Å²) in [5, 5.41) is 3.02. The summed E-state index contributed by atoms with van der Waals surface area (Å²) in [4.78, 5) is 24.0. The van der Waals surface area contributed by atoms with Crippen LogP contribution >= 0.6 is 0 Å². The molecule has 1 aromatic heterocycles. The van der Waals surface area contributed by atoms with Gasteiger partial charge in [-0.2, -0.15) is 0 Å². The third kappa shape index (κ3) is 4.36. The molecule has 0 saturated carbocycles. The Morgan fingerprint density at radius 2 is 1.89 bits per heavy atom. The summed E-state index contributed by atoms with van der Waals surface area (Å²) in [5.74, 6) is 1.02. The Labute approximate surface area is 166 Å². The number of carbonyl (C=O) groups excluding carboxylic acids is 1. The van der Waals surface area contributed by atoms with Gasteiger partial charge in [0.1, 0.15) is 11.4 Å². The average molecular weight is 374 g/mol. The maximum absolute atomic E-state index is 12.9. The van der Waals surface area contributed by atoms with Gasteiger partial charge in [-0.25, -0.2) is 9.97 Å². The highest BCUT2D eigenvalue weighted by Gasteiger charge is 2.20. The zero-order valence-corrected chi connectivity index (χ0v) is 16.8. The fraction of sp³-hybridized carbons (Fsp3) is 0.261. The SMILES string of the molecule is CCC(C)NC(=O)c1cnc(-c2cccc(C)c2)nc1N(C)c1ccccc1. The lowest BCUT2D eigenvalue weighted by Crippen LogP contribution is -2.33. The van der Waals surface area contributed by atoms with Crippen molar-refractivity contribution in [2.45, 2.75) is 33.2 Å². The van der Waals surface area contributed by atoms with E-state index in [4.69, 9.17) is 4.98 Å². The molecule has 1 unspecified atom stereocenters. The van der Waals surface area contributed by atoms with Crippen molar-refractivity contribution >= 4 is 17.4 Å². The molecular formula is C23H26N4O. The first kappa shape index (κ1) is 19.5. The van der Waals surface area contributed by atoms with E-state index in [-0.39, 0.29) is 11.9 Å². The van der Waals surface area contributed by atoms with Crippen LogP contribution in [0.3, 0.4) is 0 Å². The molecular weight excluding hydrogens is 348 g/mol. The fourth-order valence-electron chi connectivity index (χ4n) is 2.89. The number of hydrogen-bond acceptors (Lipinski definition) is 4. The second-order valence-corrected chi connectivity index (χ2v) is 6.98.